The van der Waals surface area contributed by atoms with Gasteiger partial charge in [-0.15, -0.1) is 21.8 Å². The molecule has 0 N–H and O–H groups in total. The second-order valence-corrected chi connectivity index (χ2v) is 5.24. The molecule has 0 fully saturated rings. The number of rotatable bonds is 5. The highest BCUT2D eigenvalue weighted by Gasteiger charge is 2.11. The molecule has 0 radical (unpaired) electrons. The normalized spacial score (nSPS) is 10.5. The van der Waals surface area contributed by atoms with Crippen molar-refractivity contribution in [3.05, 3.63) is 40.9 Å². The molecule has 0 aliphatic heterocycles. The Hall–Kier alpha value is -1.13. The fourth-order valence-corrected chi connectivity index (χ4v) is 2.48. The average Bonchev–Trinajstić information content (AvgIpc) is 2.77. The Morgan fingerprint density at radius 2 is 2.00 bits per heavy atom. The molecule has 2 rings (SSSR count). The second kappa shape index (κ2) is 5.98. The van der Waals surface area contributed by atoms with E-state index in [1.54, 1.807) is 11.3 Å². The van der Waals surface area contributed by atoms with E-state index in [4.69, 9.17) is 11.6 Å². The zero-order chi connectivity index (χ0) is 12.1. The van der Waals surface area contributed by atoms with Crippen LogP contribution in [0.3, 0.4) is 0 Å². The summed E-state index contributed by atoms with van der Waals surface area (Å²) < 4.78 is 0. The predicted molar refractivity (Wildman–Crippen MR) is 72.9 cm³/mol. The smallest absolute Gasteiger partial charge is 0.208 e. The molecule has 1 aromatic heterocycles. The quantitative estimate of drug-likeness (QED) is 0.780. The first kappa shape index (κ1) is 12.3. The molecule has 0 spiro atoms. The van der Waals surface area contributed by atoms with Crippen LogP contribution in [0.2, 0.25) is 0 Å². The summed E-state index contributed by atoms with van der Waals surface area (Å²) in [6.45, 7) is 3.57. The number of halogens is 1. The number of benzene rings is 1. The number of hydrogen-bond donors (Lipinski definition) is 0. The number of aromatic nitrogens is 2. The van der Waals surface area contributed by atoms with E-state index in [9.17, 15) is 0 Å². The molecular weight excluding hydrogens is 254 g/mol. The zero-order valence-electron chi connectivity index (χ0n) is 9.64. The van der Waals surface area contributed by atoms with Crippen LogP contribution in [0.1, 0.15) is 10.6 Å². The Morgan fingerprint density at radius 1 is 1.24 bits per heavy atom. The van der Waals surface area contributed by atoms with Crippen molar-refractivity contribution >= 4 is 28.1 Å². The highest BCUT2D eigenvalue weighted by Crippen LogP contribution is 2.21. The van der Waals surface area contributed by atoms with Crippen LogP contribution in [0, 0.1) is 6.92 Å². The van der Waals surface area contributed by atoms with Crippen molar-refractivity contribution in [2.45, 2.75) is 13.5 Å². The van der Waals surface area contributed by atoms with Gasteiger partial charge < -0.3 is 4.90 Å². The van der Waals surface area contributed by atoms with E-state index in [1.165, 1.54) is 5.56 Å². The third-order valence-electron chi connectivity index (χ3n) is 2.36. The summed E-state index contributed by atoms with van der Waals surface area (Å²) in [6, 6.07) is 10.3. The van der Waals surface area contributed by atoms with Crippen molar-refractivity contribution in [2.75, 3.05) is 17.3 Å². The third-order valence-corrected chi connectivity index (χ3v) is 3.43. The van der Waals surface area contributed by atoms with E-state index in [0.29, 0.717) is 5.88 Å². The molecule has 0 saturated carbocycles. The number of nitrogens with zero attached hydrogens (tertiary/aromatic N) is 3. The monoisotopic (exact) mass is 267 g/mol. The first-order valence-corrected chi connectivity index (χ1v) is 6.79. The molecule has 17 heavy (non-hydrogen) atoms. The van der Waals surface area contributed by atoms with E-state index in [1.807, 2.05) is 25.1 Å². The van der Waals surface area contributed by atoms with Crippen LogP contribution in [0.15, 0.2) is 30.3 Å². The molecule has 0 aliphatic carbocycles. The number of anilines is 1. The molecule has 0 unspecified atom stereocenters. The topological polar surface area (TPSA) is 29.0 Å². The molecule has 0 saturated heterocycles. The Morgan fingerprint density at radius 3 is 2.59 bits per heavy atom. The Balaban J connectivity index is 2.13. The zero-order valence-corrected chi connectivity index (χ0v) is 11.2. The third kappa shape index (κ3) is 3.41. The minimum atomic E-state index is 0.589. The average molecular weight is 268 g/mol. The molecule has 0 atom stereocenters. The minimum Gasteiger partial charge on any atom is -0.341 e. The molecule has 2 aromatic rings. The molecular formula is C12H14ClN3S. The van der Waals surface area contributed by atoms with Gasteiger partial charge in [-0.2, -0.15) is 0 Å². The van der Waals surface area contributed by atoms with Crippen LogP contribution in [-0.4, -0.2) is 22.6 Å². The minimum absolute atomic E-state index is 0.589. The summed E-state index contributed by atoms with van der Waals surface area (Å²) in [5, 5.41) is 10.1. The van der Waals surface area contributed by atoms with Gasteiger partial charge in [-0.1, -0.05) is 41.7 Å². The van der Waals surface area contributed by atoms with Crippen LogP contribution in [0.25, 0.3) is 0 Å². The van der Waals surface area contributed by atoms with Gasteiger partial charge in [0, 0.05) is 19.0 Å². The van der Waals surface area contributed by atoms with Crippen molar-refractivity contribution in [1.29, 1.82) is 0 Å². The number of aryl methyl sites for hydroxylation is 1. The summed E-state index contributed by atoms with van der Waals surface area (Å²) in [4.78, 5) is 2.16. The largest absolute Gasteiger partial charge is 0.341 e. The fourth-order valence-electron chi connectivity index (χ4n) is 1.56. The first-order chi connectivity index (χ1) is 8.29. The highest BCUT2D eigenvalue weighted by molar-refractivity contribution is 7.15. The van der Waals surface area contributed by atoms with E-state index >= 15 is 0 Å². The Bertz CT molecular complexity index is 458. The van der Waals surface area contributed by atoms with Gasteiger partial charge in [0.2, 0.25) is 5.13 Å². The van der Waals surface area contributed by atoms with Crippen molar-refractivity contribution in [1.82, 2.24) is 10.2 Å². The lowest BCUT2D eigenvalue weighted by Gasteiger charge is -2.19. The molecule has 90 valence electrons. The first-order valence-electron chi connectivity index (χ1n) is 5.44. The maximum absolute atomic E-state index is 5.83. The molecule has 0 amide bonds. The van der Waals surface area contributed by atoms with Crippen molar-refractivity contribution < 1.29 is 0 Å². The van der Waals surface area contributed by atoms with Gasteiger partial charge in [0.15, 0.2) is 0 Å². The van der Waals surface area contributed by atoms with Gasteiger partial charge in [0.1, 0.15) is 5.01 Å². The van der Waals surface area contributed by atoms with Gasteiger partial charge >= 0.3 is 0 Å². The molecule has 3 nitrogen and oxygen atoms in total. The predicted octanol–water partition coefficient (Wildman–Crippen LogP) is 3.09. The van der Waals surface area contributed by atoms with Crippen LogP contribution >= 0.6 is 22.9 Å². The summed E-state index contributed by atoms with van der Waals surface area (Å²) in [5.41, 5.74) is 1.26. The van der Waals surface area contributed by atoms with Gasteiger partial charge in [0.25, 0.3) is 0 Å². The van der Waals surface area contributed by atoms with Gasteiger partial charge in [-0.25, -0.2) is 0 Å². The van der Waals surface area contributed by atoms with Crippen LogP contribution in [0.4, 0.5) is 5.13 Å². The lowest BCUT2D eigenvalue weighted by Crippen LogP contribution is -2.24. The van der Waals surface area contributed by atoms with Gasteiger partial charge in [-0.05, 0) is 12.5 Å². The van der Waals surface area contributed by atoms with E-state index in [2.05, 4.69) is 27.2 Å². The van der Waals surface area contributed by atoms with Gasteiger partial charge in [-0.3, -0.25) is 0 Å². The lowest BCUT2D eigenvalue weighted by atomic mass is 10.2. The molecule has 5 heteroatoms. The summed E-state index contributed by atoms with van der Waals surface area (Å²) in [6.07, 6.45) is 0. The van der Waals surface area contributed by atoms with Gasteiger partial charge in [0.05, 0.1) is 0 Å². The molecule has 1 heterocycles. The van der Waals surface area contributed by atoms with E-state index < -0.39 is 0 Å². The SMILES string of the molecule is Cc1nnc(N(CCCl)Cc2ccccc2)s1. The molecule has 0 bridgehead atoms. The van der Waals surface area contributed by atoms with Crippen LogP contribution < -0.4 is 4.90 Å². The van der Waals surface area contributed by atoms with Crippen molar-refractivity contribution in [3.8, 4) is 0 Å². The fraction of sp³-hybridized carbons (Fsp3) is 0.333. The second-order valence-electron chi connectivity index (χ2n) is 3.70. The Labute approximate surface area is 110 Å². The molecule has 0 aliphatic rings. The van der Waals surface area contributed by atoms with Crippen molar-refractivity contribution in [3.63, 3.8) is 0 Å². The van der Waals surface area contributed by atoms with E-state index in [-0.39, 0.29) is 0 Å². The summed E-state index contributed by atoms with van der Waals surface area (Å²) >= 11 is 7.43. The number of alkyl halides is 1. The van der Waals surface area contributed by atoms with E-state index in [0.717, 1.165) is 23.2 Å². The maximum atomic E-state index is 5.83. The number of hydrogen-bond acceptors (Lipinski definition) is 4. The maximum Gasteiger partial charge on any atom is 0.208 e. The van der Waals surface area contributed by atoms with Crippen LogP contribution in [-0.2, 0) is 6.54 Å². The van der Waals surface area contributed by atoms with Crippen molar-refractivity contribution in [2.24, 2.45) is 0 Å². The lowest BCUT2D eigenvalue weighted by molar-refractivity contribution is 0.817. The standard InChI is InChI=1S/C12H14ClN3S/c1-10-14-15-12(17-10)16(8-7-13)9-11-5-3-2-4-6-11/h2-6H,7-9H2,1H3. The summed E-state index contributed by atoms with van der Waals surface area (Å²) in [5.74, 6) is 0.589. The molecule has 1 aromatic carbocycles. The Kier molecular flexibility index (Phi) is 4.34. The highest BCUT2D eigenvalue weighted by atomic mass is 35.5. The van der Waals surface area contributed by atoms with Crippen LogP contribution in [0.5, 0.6) is 0 Å². The summed E-state index contributed by atoms with van der Waals surface area (Å²) in [7, 11) is 0.